The van der Waals surface area contributed by atoms with E-state index in [0.29, 0.717) is 38.4 Å². The monoisotopic (exact) mass is 374 g/mol. The number of carboxylic acids is 1. The van der Waals surface area contributed by atoms with Crippen molar-refractivity contribution in [2.45, 2.75) is 38.3 Å². The zero-order chi connectivity index (χ0) is 19.0. The third kappa shape index (κ3) is 3.25. The topological polar surface area (TPSA) is 88.1 Å². The number of hydrogen-bond donors (Lipinski definition) is 2. The summed E-state index contributed by atoms with van der Waals surface area (Å²) >= 11 is 0. The van der Waals surface area contributed by atoms with Crippen LogP contribution in [0.1, 0.15) is 26.2 Å². The van der Waals surface area contributed by atoms with Crippen LogP contribution < -0.4 is 14.8 Å². The highest BCUT2D eigenvalue weighted by molar-refractivity contribution is 5.82. The van der Waals surface area contributed by atoms with Gasteiger partial charge in [0.05, 0.1) is 18.0 Å². The van der Waals surface area contributed by atoms with Gasteiger partial charge in [-0.15, -0.1) is 0 Å². The van der Waals surface area contributed by atoms with E-state index in [1.165, 1.54) is 0 Å². The Morgan fingerprint density at radius 2 is 2.15 bits per heavy atom. The molecule has 2 N–H and O–H groups in total. The highest BCUT2D eigenvalue weighted by atomic mass is 16.6. The molecular weight excluding hydrogens is 348 g/mol. The van der Waals surface area contributed by atoms with Crippen LogP contribution in [0.4, 0.5) is 0 Å². The fourth-order valence-corrected chi connectivity index (χ4v) is 4.66. The zero-order valence-electron chi connectivity index (χ0n) is 15.5. The maximum Gasteiger partial charge on any atom is 0.311 e. The number of amides is 1. The number of carbonyl (C=O) groups is 2. The lowest BCUT2D eigenvalue weighted by molar-refractivity contribution is -0.149. The van der Waals surface area contributed by atoms with Crippen molar-refractivity contribution in [2.24, 2.45) is 11.3 Å². The molecule has 2 aliphatic heterocycles. The molecule has 1 amide bonds. The van der Waals surface area contributed by atoms with Crippen LogP contribution in [0, 0.1) is 11.3 Å². The fourth-order valence-electron chi connectivity index (χ4n) is 4.66. The number of hydrogen-bond acceptors (Lipinski definition) is 5. The molecule has 1 saturated heterocycles. The van der Waals surface area contributed by atoms with E-state index in [0.717, 1.165) is 18.6 Å². The highest BCUT2D eigenvalue weighted by Crippen LogP contribution is 2.49. The second-order valence-electron chi connectivity index (χ2n) is 7.90. The lowest BCUT2D eigenvalue weighted by atomic mass is 9.81. The Morgan fingerprint density at radius 3 is 2.89 bits per heavy atom. The number of aliphatic carboxylic acids is 1. The van der Waals surface area contributed by atoms with Gasteiger partial charge in [0.25, 0.3) is 0 Å². The van der Waals surface area contributed by atoms with E-state index in [1.807, 2.05) is 36.1 Å². The third-order valence-corrected chi connectivity index (χ3v) is 6.32. The average molecular weight is 374 g/mol. The van der Waals surface area contributed by atoms with Crippen molar-refractivity contribution in [1.82, 2.24) is 10.2 Å². The molecular formula is C20H26N2O5. The van der Waals surface area contributed by atoms with Gasteiger partial charge < -0.3 is 19.9 Å². The van der Waals surface area contributed by atoms with Crippen LogP contribution in [0.3, 0.4) is 0 Å². The summed E-state index contributed by atoms with van der Waals surface area (Å²) in [6.07, 6.45) is 2.37. The molecule has 0 spiro atoms. The lowest BCUT2D eigenvalue weighted by Gasteiger charge is -2.29. The maximum absolute atomic E-state index is 12.6. The van der Waals surface area contributed by atoms with E-state index in [4.69, 9.17) is 9.47 Å². The Labute approximate surface area is 158 Å². The number of nitrogens with zero attached hydrogens (tertiary/aromatic N) is 1. The summed E-state index contributed by atoms with van der Waals surface area (Å²) in [5.74, 6) is 0.740. The summed E-state index contributed by atoms with van der Waals surface area (Å²) in [7, 11) is 0. The molecule has 7 nitrogen and oxygen atoms in total. The Bertz CT molecular complexity index is 739. The number of carboxylic acid groups (broad SMARTS) is 1. The van der Waals surface area contributed by atoms with Crippen molar-refractivity contribution in [3.63, 3.8) is 0 Å². The van der Waals surface area contributed by atoms with Crippen molar-refractivity contribution in [1.29, 1.82) is 0 Å². The summed E-state index contributed by atoms with van der Waals surface area (Å²) in [6.45, 7) is 3.73. The minimum atomic E-state index is -0.716. The first-order valence-electron chi connectivity index (χ1n) is 9.63. The number of para-hydroxylation sites is 2. The Balaban J connectivity index is 1.31. The van der Waals surface area contributed by atoms with Gasteiger partial charge in [-0.25, -0.2) is 0 Å². The van der Waals surface area contributed by atoms with Gasteiger partial charge in [0.2, 0.25) is 5.91 Å². The maximum atomic E-state index is 12.6. The number of benzene rings is 1. The quantitative estimate of drug-likeness (QED) is 0.812. The molecule has 0 aromatic heterocycles. The molecule has 2 unspecified atom stereocenters. The SMILES string of the molecule is CC(C(=O)NCC1COc2ccccc2O1)N1C[C@@H]2CCC[C@@]2(C(=O)O)C1. The van der Waals surface area contributed by atoms with Gasteiger partial charge in [0.15, 0.2) is 11.5 Å². The second-order valence-corrected chi connectivity index (χ2v) is 7.90. The van der Waals surface area contributed by atoms with E-state index >= 15 is 0 Å². The molecule has 146 valence electrons. The summed E-state index contributed by atoms with van der Waals surface area (Å²) in [5.41, 5.74) is -0.668. The third-order valence-electron chi connectivity index (χ3n) is 6.32. The van der Waals surface area contributed by atoms with Gasteiger partial charge in [-0.1, -0.05) is 18.6 Å². The molecule has 27 heavy (non-hydrogen) atoms. The summed E-state index contributed by atoms with van der Waals surface area (Å²) < 4.78 is 11.5. The van der Waals surface area contributed by atoms with E-state index in [-0.39, 0.29) is 24.0 Å². The molecule has 1 aliphatic carbocycles. The van der Waals surface area contributed by atoms with Gasteiger partial charge >= 0.3 is 5.97 Å². The molecule has 7 heteroatoms. The Hall–Kier alpha value is -2.28. The number of ether oxygens (including phenoxy) is 2. The number of likely N-dealkylation sites (tertiary alicyclic amines) is 1. The van der Waals surface area contributed by atoms with Crippen LogP contribution in [-0.2, 0) is 9.59 Å². The largest absolute Gasteiger partial charge is 0.486 e. The molecule has 1 aromatic rings. The van der Waals surface area contributed by atoms with Gasteiger partial charge in [-0.3, -0.25) is 14.5 Å². The van der Waals surface area contributed by atoms with Crippen LogP contribution in [0.25, 0.3) is 0 Å². The van der Waals surface area contributed by atoms with Crippen molar-refractivity contribution in [2.75, 3.05) is 26.2 Å². The summed E-state index contributed by atoms with van der Waals surface area (Å²) in [6, 6.07) is 7.12. The minimum absolute atomic E-state index is 0.0991. The standard InChI is InChI=1S/C20H26N2O5/c1-13(22-10-14-5-4-8-20(14,12-22)19(24)25)18(23)21-9-15-11-26-16-6-2-3-7-17(16)27-15/h2-3,6-7,13-15H,4-5,8-12H2,1H3,(H,21,23)(H,24,25)/t13?,14-,15?,20+/m0/s1. The van der Waals surface area contributed by atoms with Gasteiger partial charge in [0, 0.05) is 13.1 Å². The van der Waals surface area contributed by atoms with Gasteiger partial charge in [0.1, 0.15) is 12.7 Å². The van der Waals surface area contributed by atoms with Crippen LogP contribution in [0.5, 0.6) is 11.5 Å². The number of carbonyl (C=O) groups excluding carboxylic acids is 1. The molecule has 4 atom stereocenters. The first-order chi connectivity index (χ1) is 13.0. The molecule has 3 aliphatic rings. The second kappa shape index (κ2) is 7.03. The molecule has 2 fully saturated rings. The Kier molecular flexibility index (Phi) is 4.72. The number of fused-ring (bicyclic) bond motifs is 2. The van der Waals surface area contributed by atoms with Crippen LogP contribution >= 0.6 is 0 Å². The number of rotatable bonds is 5. The average Bonchev–Trinajstić information content (AvgIpc) is 3.24. The highest BCUT2D eigenvalue weighted by Gasteiger charge is 2.55. The predicted octanol–water partition coefficient (Wildman–Crippen LogP) is 1.52. The molecule has 0 radical (unpaired) electrons. The van der Waals surface area contributed by atoms with Crippen molar-refractivity contribution >= 4 is 11.9 Å². The summed E-state index contributed by atoms with van der Waals surface area (Å²) in [5, 5.41) is 12.6. The smallest absolute Gasteiger partial charge is 0.311 e. The van der Waals surface area contributed by atoms with Crippen molar-refractivity contribution in [3.8, 4) is 11.5 Å². The first kappa shape index (κ1) is 18.1. The van der Waals surface area contributed by atoms with Crippen molar-refractivity contribution < 1.29 is 24.2 Å². The fraction of sp³-hybridized carbons (Fsp3) is 0.600. The predicted molar refractivity (Wildman–Crippen MR) is 97.8 cm³/mol. The van der Waals surface area contributed by atoms with Gasteiger partial charge in [-0.05, 0) is 37.8 Å². The van der Waals surface area contributed by atoms with Crippen LogP contribution in [-0.4, -0.2) is 60.3 Å². The van der Waals surface area contributed by atoms with Crippen LogP contribution in [0.2, 0.25) is 0 Å². The molecule has 4 rings (SSSR count). The summed E-state index contributed by atoms with van der Waals surface area (Å²) in [4.78, 5) is 26.4. The first-order valence-corrected chi connectivity index (χ1v) is 9.63. The van der Waals surface area contributed by atoms with Crippen molar-refractivity contribution in [3.05, 3.63) is 24.3 Å². The van der Waals surface area contributed by atoms with Crippen LogP contribution in [0.15, 0.2) is 24.3 Å². The normalized spacial score (nSPS) is 30.6. The van der Waals surface area contributed by atoms with E-state index in [2.05, 4.69) is 5.32 Å². The van der Waals surface area contributed by atoms with E-state index < -0.39 is 11.4 Å². The number of nitrogens with one attached hydrogen (secondary N) is 1. The lowest BCUT2D eigenvalue weighted by Crippen LogP contribution is -2.49. The zero-order valence-corrected chi connectivity index (χ0v) is 15.5. The Morgan fingerprint density at radius 1 is 1.37 bits per heavy atom. The molecule has 1 aromatic carbocycles. The van der Waals surface area contributed by atoms with E-state index in [1.54, 1.807) is 0 Å². The minimum Gasteiger partial charge on any atom is -0.486 e. The molecule has 0 bridgehead atoms. The molecule has 2 heterocycles. The van der Waals surface area contributed by atoms with Gasteiger partial charge in [-0.2, -0.15) is 0 Å². The van der Waals surface area contributed by atoms with E-state index in [9.17, 15) is 14.7 Å². The molecule has 1 saturated carbocycles.